The molecule has 5 nitrogen and oxygen atoms in total. The fraction of sp³-hybridized carbons (Fsp3) is 0.158. The van der Waals surface area contributed by atoms with Crippen LogP contribution in [0.1, 0.15) is 12.6 Å². The molecule has 0 aliphatic carbocycles. The van der Waals surface area contributed by atoms with Gasteiger partial charge in [-0.25, -0.2) is 4.98 Å². The molecule has 5 heteroatoms. The molecule has 24 heavy (non-hydrogen) atoms. The Hall–Kier alpha value is -3.08. The molecule has 3 aromatic rings. The monoisotopic (exact) mass is 322 g/mol. The third-order valence-electron chi connectivity index (χ3n) is 3.36. The maximum atomic E-state index is 12.1. The normalized spacial score (nSPS) is 10.4. The average Bonchev–Trinajstić information content (AvgIpc) is 3.06. The van der Waals surface area contributed by atoms with Gasteiger partial charge < -0.3 is 14.5 Å². The van der Waals surface area contributed by atoms with Crippen molar-refractivity contribution in [2.45, 2.75) is 13.3 Å². The lowest BCUT2D eigenvalue weighted by Crippen LogP contribution is -2.14. The summed E-state index contributed by atoms with van der Waals surface area (Å²) in [7, 11) is 0. The first-order chi connectivity index (χ1) is 11.7. The number of anilines is 1. The number of carbonyl (C=O) groups excluding carboxylic acids is 1. The van der Waals surface area contributed by atoms with Gasteiger partial charge in [0.05, 0.1) is 18.7 Å². The Balaban J connectivity index is 1.60. The molecule has 0 fully saturated rings. The van der Waals surface area contributed by atoms with E-state index in [0.717, 1.165) is 17.0 Å². The molecule has 1 heterocycles. The number of hydrogen-bond acceptors (Lipinski definition) is 4. The first-order valence-electron chi connectivity index (χ1n) is 7.77. The van der Waals surface area contributed by atoms with Crippen LogP contribution in [-0.2, 0) is 11.2 Å². The van der Waals surface area contributed by atoms with Crippen molar-refractivity contribution >= 4 is 11.6 Å². The summed E-state index contributed by atoms with van der Waals surface area (Å²) >= 11 is 0. The summed E-state index contributed by atoms with van der Waals surface area (Å²) in [6.07, 6.45) is 1.67. The second-order valence-electron chi connectivity index (χ2n) is 5.19. The van der Waals surface area contributed by atoms with Gasteiger partial charge in [-0.15, -0.1) is 0 Å². The van der Waals surface area contributed by atoms with E-state index >= 15 is 0 Å². The molecule has 3 rings (SSSR count). The molecule has 122 valence electrons. The summed E-state index contributed by atoms with van der Waals surface area (Å²) in [6.45, 7) is 2.54. The van der Waals surface area contributed by atoms with Crippen LogP contribution in [-0.4, -0.2) is 17.5 Å². The average molecular weight is 322 g/mol. The maximum Gasteiger partial charge on any atom is 0.230 e. The Bertz CT molecular complexity index is 795. The second-order valence-corrected chi connectivity index (χ2v) is 5.19. The number of carbonyl (C=O) groups is 1. The molecular weight excluding hydrogens is 304 g/mol. The number of nitrogens with one attached hydrogen (secondary N) is 1. The Morgan fingerprint density at radius 2 is 1.88 bits per heavy atom. The van der Waals surface area contributed by atoms with Gasteiger partial charge in [-0.2, -0.15) is 0 Å². The first-order valence-corrected chi connectivity index (χ1v) is 7.77. The van der Waals surface area contributed by atoms with Crippen LogP contribution in [0.3, 0.4) is 0 Å². The van der Waals surface area contributed by atoms with E-state index in [-0.39, 0.29) is 12.3 Å². The lowest BCUT2D eigenvalue weighted by atomic mass is 10.2. The van der Waals surface area contributed by atoms with E-state index in [2.05, 4.69) is 10.3 Å². The minimum Gasteiger partial charge on any atom is -0.494 e. The summed E-state index contributed by atoms with van der Waals surface area (Å²) in [6, 6.07) is 16.8. The number of hydrogen-bond donors (Lipinski definition) is 1. The Morgan fingerprint density at radius 3 is 2.58 bits per heavy atom. The molecule has 0 spiro atoms. The molecule has 0 atom stereocenters. The summed E-state index contributed by atoms with van der Waals surface area (Å²) < 4.78 is 10.8. The third-order valence-corrected chi connectivity index (χ3v) is 3.36. The summed E-state index contributed by atoms with van der Waals surface area (Å²) in [5.74, 6) is 1.14. The van der Waals surface area contributed by atoms with Crippen molar-refractivity contribution in [2.24, 2.45) is 0 Å². The van der Waals surface area contributed by atoms with E-state index in [0.29, 0.717) is 18.2 Å². The molecular formula is C19H18N2O3. The predicted molar refractivity (Wildman–Crippen MR) is 91.9 cm³/mol. The van der Waals surface area contributed by atoms with Crippen LogP contribution in [0.4, 0.5) is 5.69 Å². The van der Waals surface area contributed by atoms with Gasteiger partial charge in [-0.05, 0) is 43.3 Å². The van der Waals surface area contributed by atoms with Gasteiger partial charge in [-0.3, -0.25) is 4.79 Å². The first kappa shape index (κ1) is 15.8. The van der Waals surface area contributed by atoms with Crippen LogP contribution in [0.25, 0.3) is 11.5 Å². The quantitative estimate of drug-likeness (QED) is 0.747. The molecule has 2 aromatic carbocycles. The van der Waals surface area contributed by atoms with Gasteiger partial charge in [0.1, 0.15) is 12.0 Å². The Kier molecular flexibility index (Phi) is 4.91. The lowest BCUT2D eigenvalue weighted by Gasteiger charge is -2.06. The smallest absolute Gasteiger partial charge is 0.230 e. The topological polar surface area (TPSA) is 64.4 Å². The van der Waals surface area contributed by atoms with E-state index in [9.17, 15) is 4.79 Å². The van der Waals surface area contributed by atoms with Gasteiger partial charge in [0.15, 0.2) is 0 Å². The van der Waals surface area contributed by atoms with Gasteiger partial charge in [-0.1, -0.05) is 18.2 Å². The van der Waals surface area contributed by atoms with Crippen molar-refractivity contribution in [3.63, 3.8) is 0 Å². The molecule has 0 radical (unpaired) electrons. The zero-order valence-electron chi connectivity index (χ0n) is 13.4. The fourth-order valence-electron chi connectivity index (χ4n) is 2.27. The van der Waals surface area contributed by atoms with Crippen molar-refractivity contribution in [3.8, 4) is 17.2 Å². The van der Waals surface area contributed by atoms with Crippen LogP contribution in [0.5, 0.6) is 5.75 Å². The number of nitrogens with zero attached hydrogens (tertiary/aromatic N) is 1. The van der Waals surface area contributed by atoms with Gasteiger partial charge in [0.2, 0.25) is 11.8 Å². The van der Waals surface area contributed by atoms with Crippen LogP contribution in [0.2, 0.25) is 0 Å². The van der Waals surface area contributed by atoms with E-state index in [1.165, 1.54) is 6.26 Å². The Morgan fingerprint density at radius 1 is 1.12 bits per heavy atom. The highest BCUT2D eigenvalue weighted by atomic mass is 16.5. The highest BCUT2D eigenvalue weighted by molar-refractivity contribution is 5.92. The lowest BCUT2D eigenvalue weighted by molar-refractivity contribution is -0.115. The van der Waals surface area contributed by atoms with Crippen molar-refractivity contribution in [1.82, 2.24) is 4.98 Å². The molecule has 1 aromatic heterocycles. The number of rotatable bonds is 6. The summed E-state index contributed by atoms with van der Waals surface area (Å²) in [4.78, 5) is 16.5. The summed E-state index contributed by atoms with van der Waals surface area (Å²) in [5, 5.41) is 2.83. The van der Waals surface area contributed by atoms with Crippen LogP contribution >= 0.6 is 0 Å². The van der Waals surface area contributed by atoms with E-state index in [4.69, 9.17) is 9.15 Å². The van der Waals surface area contributed by atoms with E-state index in [1.54, 1.807) is 12.1 Å². The minimum atomic E-state index is -0.146. The fourth-order valence-corrected chi connectivity index (χ4v) is 2.27. The van der Waals surface area contributed by atoms with Crippen LogP contribution < -0.4 is 10.1 Å². The molecule has 0 saturated heterocycles. The van der Waals surface area contributed by atoms with Gasteiger partial charge >= 0.3 is 0 Å². The third kappa shape index (κ3) is 4.01. The van der Waals surface area contributed by atoms with Gasteiger partial charge in [0, 0.05) is 11.3 Å². The molecule has 0 unspecified atom stereocenters. The van der Waals surface area contributed by atoms with Crippen molar-refractivity contribution in [2.75, 3.05) is 11.9 Å². The largest absolute Gasteiger partial charge is 0.494 e. The van der Waals surface area contributed by atoms with Crippen molar-refractivity contribution in [1.29, 1.82) is 0 Å². The zero-order chi connectivity index (χ0) is 16.8. The maximum absolute atomic E-state index is 12.1. The zero-order valence-corrected chi connectivity index (χ0v) is 13.4. The number of aromatic nitrogens is 1. The van der Waals surface area contributed by atoms with Crippen LogP contribution in [0.15, 0.2) is 65.3 Å². The molecule has 0 aliphatic rings. The molecule has 1 amide bonds. The number of benzene rings is 2. The minimum absolute atomic E-state index is 0.146. The molecule has 0 aliphatic heterocycles. The highest BCUT2D eigenvalue weighted by Gasteiger charge is 2.10. The Labute approximate surface area is 140 Å². The summed E-state index contributed by atoms with van der Waals surface area (Å²) in [5.41, 5.74) is 2.20. The number of oxazole rings is 1. The predicted octanol–water partition coefficient (Wildman–Crippen LogP) is 3.92. The van der Waals surface area contributed by atoms with Crippen molar-refractivity contribution < 1.29 is 13.9 Å². The second kappa shape index (κ2) is 7.46. The van der Waals surface area contributed by atoms with Crippen molar-refractivity contribution in [3.05, 3.63) is 66.6 Å². The van der Waals surface area contributed by atoms with E-state index in [1.807, 2.05) is 49.4 Å². The van der Waals surface area contributed by atoms with E-state index < -0.39 is 0 Å². The molecule has 0 bridgehead atoms. The van der Waals surface area contributed by atoms with Gasteiger partial charge in [0.25, 0.3) is 0 Å². The molecule has 1 N–H and O–H groups in total. The van der Waals surface area contributed by atoms with Crippen LogP contribution in [0, 0.1) is 0 Å². The number of ether oxygens (including phenoxy) is 1. The highest BCUT2D eigenvalue weighted by Crippen LogP contribution is 2.19. The standard InChI is InChI=1S/C19H18N2O3/c1-2-23-17-10-8-15(9-11-17)20-18(22)12-16-13-24-19(21-16)14-6-4-3-5-7-14/h3-11,13H,2,12H2,1H3,(H,20,22). The molecule has 0 saturated carbocycles. The SMILES string of the molecule is CCOc1ccc(NC(=O)Cc2coc(-c3ccccc3)n2)cc1. The number of amides is 1.